The first kappa shape index (κ1) is 33.5. The van der Waals surface area contributed by atoms with Crippen molar-refractivity contribution in [3.63, 3.8) is 0 Å². The Morgan fingerprint density at radius 3 is 2.32 bits per heavy atom. The minimum absolute atomic E-state index is 0.0696. The number of rotatable bonds is 10. The van der Waals surface area contributed by atoms with Gasteiger partial charge in [-0.3, -0.25) is 9.36 Å². The van der Waals surface area contributed by atoms with Crippen molar-refractivity contribution in [3.05, 3.63) is 103 Å². The van der Waals surface area contributed by atoms with Crippen molar-refractivity contribution in [2.75, 3.05) is 13.1 Å². The van der Waals surface area contributed by atoms with Crippen molar-refractivity contribution in [2.45, 2.75) is 66.2 Å². The van der Waals surface area contributed by atoms with E-state index in [0.29, 0.717) is 48.5 Å². The van der Waals surface area contributed by atoms with Crippen LogP contribution in [-0.2, 0) is 11.3 Å². The maximum absolute atomic E-state index is 14.3. The molecule has 0 aliphatic rings. The molecule has 0 spiro atoms. The number of alkyl carbamates (subject to hydrolysis) is 1. The van der Waals surface area contributed by atoms with Gasteiger partial charge < -0.3 is 15.0 Å². The molecule has 0 fully saturated rings. The Labute approximate surface area is 274 Å². The van der Waals surface area contributed by atoms with Gasteiger partial charge >= 0.3 is 11.8 Å². The van der Waals surface area contributed by atoms with Gasteiger partial charge in [0, 0.05) is 28.8 Å². The lowest BCUT2D eigenvalue weighted by Crippen LogP contribution is -2.43. The third kappa shape index (κ3) is 7.98. The Kier molecular flexibility index (Phi) is 10.7. The van der Waals surface area contributed by atoms with Gasteiger partial charge in [-0.05, 0) is 91.9 Å². The van der Waals surface area contributed by atoms with E-state index < -0.39 is 17.7 Å². The number of fused-ring (bicyclic) bond motifs is 1. The molecule has 11 heteroatoms. The van der Waals surface area contributed by atoms with E-state index in [-0.39, 0.29) is 17.5 Å². The Morgan fingerprint density at radius 1 is 1.05 bits per heavy atom. The summed E-state index contributed by atoms with van der Waals surface area (Å²) in [5.41, 5.74) is 2.61. The molecule has 0 radical (unpaired) electrons. The molecule has 0 aliphatic carbocycles. The van der Waals surface area contributed by atoms with Gasteiger partial charge in [-0.15, -0.1) is 0 Å². The summed E-state index contributed by atoms with van der Waals surface area (Å²) < 4.78 is 10.1. The Balaban J connectivity index is 1.80. The molecule has 9 nitrogen and oxygen atoms in total. The molecule has 0 saturated carbocycles. The fourth-order valence-electron chi connectivity index (χ4n) is 5.15. The SMILES string of the molecule is Cc1nn2c(=O)n(Cc3ccccc3)c(C(C(C)C)N(CCCNC(=O)OC(C)(C)C)C(=O)c3ccc(Br)cc3)cc2c1Br. The number of halogens is 2. The quantitative estimate of drug-likeness (QED) is 0.175. The maximum atomic E-state index is 14.3. The first-order valence-corrected chi connectivity index (χ1v) is 16.2. The zero-order valence-corrected chi connectivity index (χ0v) is 29.1. The highest BCUT2D eigenvalue weighted by Crippen LogP contribution is 2.33. The second-order valence-corrected chi connectivity index (χ2v) is 13.8. The highest BCUT2D eigenvalue weighted by molar-refractivity contribution is 9.11. The summed E-state index contributed by atoms with van der Waals surface area (Å²) in [5, 5.41) is 7.30. The van der Waals surface area contributed by atoms with Crippen molar-refractivity contribution < 1.29 is 14.3 Å². The smallest absolute Gasteiger partial charge is 0.407 e. The van der Waals surface area contributed by atoms with Crippen LogP contribution in [0, 0.1) is 12.8 Å². The first-order valence-electron chi connectivity index (χ1n) is 14.6. The number of nitrogens with zero attached hydrogens (tertiary/aromatic N) is 4. The monoisotopic (exact) mass is 727 g/mol. The standard InChI is InChI=1S/C33H39Br2N5O4/c1-21(2)29(27-19-26-28(35)22(3)37-40(26)32(43)39(27)20-23-11-8-7-9-12-23)38(30(41)24-13-15-25(34)16-14-24)18-10-17-36-31(42)44-33(4,5)6/h7-9,11-16,19,21,29H,10,17-18,20H2,1-6H3,(H,36,42). The van der Waals surface area contributed by atoms with Gasteiger partial charge in [0.2, 0.25) is 0 Å². The largest absolute Gasteiger partial charge is 0.444 e. The van der Waals surface area contributed by atoms with E-state index in [1.807, 2.05) is 95.0 Å². The maximum Gasteiger partial charge on any atom is 0.407 e. The van der Waals surface area contributed by atoms with Gasteiger partial charge in [0.05, 0.1) is 28.3 Å². The van der Waals surface area contributed by atoms with Gasteiger partial charge in [0.1, 0.15) is 5.60 Å². The van der Waals surface area contributed by atoms with Crippen LogP contribution >= 0.6 is 31.9 Å². The van der Waals surface area contributed by atoms with Crippen molar-refractivity contribution in [3.8, 4) is 0 Å². The molecule has 2 aromatic heterocycles. The third-order valence-corrected chi connectivity index (χ3v) is 8.59. The molecule has 1 unspecified atom stereocenters. The van der Waals surface area contributed by atoms with Crippen LogP contribution in [0.25, 0.3) is 5.52 Å². The number of nitrogens with one attached hydrogen (secondary N) is 1. The number of aryl methyl sites for hydroxylation is 1. The number of hydrogen-bond donors (Lipinski definition) is 1. The number of amides is 2. The summed E-state index contributed by atoms with van der Waals surface area (Å²) >= 11 is 7.08. The number of carbonyl (C=O) groups excluding carboxylic acids is 2. The molecule has 44 heavy (non-hydrogen) atoms. The third-order valence-electron chi connectivity index (χ3n) is 7.08. The predicted molar refractivity (Wildman–Crippen MR) is 179 cm³/mol. The van der Waals surface area contributed by atoms with Gasteiger partial charge in [0.25, 0.3) is 5.91 Å². The lowest BCUT2D eigenvalue weighted by molar-refractivity contribution is 0.0520. The molecule has 1 N–H and O–H groups in total. The fourth-order valence-corrected chi connectivity index (χ4v) is 5.78. The number of hydrogen-bond acceptors (Lipinski definition) is 5. The summed E-state index contributed by atoms with van der Waals surface area (Å²) in [5.74, 6) is -0.240. The molecule has 4 aromatic rings. The topological polar surface area (TPSA) is 97.9 Å². The van der Waals surface area contributed by atoms with Crippen LogP contribution in [0.4, 0.5) is 4.79 Å². The molecular weight excluding hydrogens is 690 g/mol. The van der Waals surface area contributed by atoms with Crippen LogP contribution in [0.2, 0.25) is 0 Å². The second kappa shape index (κ2) is 14.1. The highest BCUT2D eigenvalue weighted by Gasteiger charge is 2.32. The molecule has 0 aliphatic heterocycles. The molecule has 1 atom stereocenters. The van der Waals surface area contributed by atoms with Gasteiger partial charge in [0.15, 0.2) is 0 Å². The Bertz CT molecular complexity index is 1680. The molecule has 4 rings (SSSR count). The van der Waals surface area contributed by atoms with Gasteiger partial charge in [-0.25, -0.2) is 9.59 Å². The molecular formula is C33H39Br2N5O4. The van der Waals surface area contributed by atoms with Gasteiger partial charge in [-0.2, -0.15) is 9.61 Å². The molecule has 2 amide bonds. The number of ether oxygens (including phenoxy) is 1. The van der Waals surface area contributed by atoms with Crippen molar-refractivity contribution >= 4 is 49.4 Å². The van der Waals surface area contributed by atoms with E-state index in [0.717, 1.165) is 14.5 Å². The summed E-state index contributed by atoms with van der Waals surface area (Å²) in [6.45, 7) is 12.3. The number of carbonyl (C=O) groups is 2. The fraction of sp³-hybridized carbons (Fsp3) is 0.394. The average molecular weight is 730 g/mol. The van der Waals surface area contributed by atoms with E-state index in [4.69, 9.17) is 4.74 Å². The molecule has 2 heterocycles. The van der Waals surface area contributed by atoms with Crippen LogP contribution in [0.5, 0.6) is 0 Å². The summed E-state index contributed by atoms with van der Waals surface area (Å²) in [7, 11) is 0. The van der Waals surface area contributed by atoms with E-state index in [9.17, 15) is 14.4 Å². The first-order chi connectivity index (χ1) is 20.8. The van der Waals surface area contributed by atoms with E-state index in [2.05, 4.69) is 42.3 Å². The van der Waals surface area contributed by atoms with Crippen LogP contribution in [0.1, 0.15) is 74.4 Å². The molecule has 0 saturated heterocycles. The summed E-state index contributed by atoms with van der Waals surface area (Å²) in [4.78, 5) is 42.4. The predicted octanol–water partition coefficient (Wildman–Crippen LogP) is 7.13. The molecule has 234 valence electrons. The zero-order valence-electron chi connectivity index (χ0n) is 25.9. The summed E-state index contributed by atoms with van der Waals surface area (Å²) in [6, 6.07) is 18.5. The van der Waals surface area contributed by atoms with Crippen molar-refractivity contribution in [1.82, 2.24) is 24.4 Å². The van der Waals surface area contributed by atoms with Crippen molar-refractivity contribution in [1.29, 1.82) is 0 Å². The minimum atomic E-state index is -0.613. The summed E-state index contributed by atoms with van der Waals surface area (Å²) in [6.07, 6.45) is -0.0300. The number of aromatic nitrogens is 3. The Hall–Kier alpha value is -3.44. The van der Waals surface area contributed by atoms with E-state index >= 15 is 0 Å². The normalized spacial score (nSPS) is 12.4. The van der Waals surface area contributed by atoms with Crippen LogP contribution in [0.3, 0.4) is 0 Å². The zero-order chi connectivity index (χ0) is 32.2. The van der Waals surface area contributed by atoms with Crippen LogP contribution < -0.4 is 11.0 Å². The van der Waals surface area contributed by atoms with Crippen molar-refractivity contribution in [2.24, 2.45) is 5.92 Å². The second-order valence-electron chi connectivity index (χ2n) is 12.1. The van der Waals surface area contributed by atoms with E-state index in [1.54, 1.807) is 16.7 Å². The lowest BCUT2D eigenvalue weighted by atomic mass is 9.96. The number of benzene rings is 2. The molecule has 2 aromatic carbocycles. The van der Waals surface area contributed by atoms with Crippen LogP contribution in [0.15, 0.2) is 74.4 Å². The highest BCUT2D eigenvalue weighted by atomic mass is 79.9. The molecule has 0 bridgehead atoms. The average Bonchev–Trinajstić information content (AvgIpc) is 3.24. The minimum Gasteiger partial charge on any atom is -0.444 e. The lowest BCUT2D eigenvalue weighted by Gasteiger charge is -2.36. The Morgan fingerprint density at radius 2 is 1.70 bits per heavy atom. The van der Waals surface area contributed by atoms with Gasteiger partial charge in [-0.1, -0.05) is 60.1 Å². The van der Waals surface area contributed by atoms with E-state index in [1.165, 1.54) is 4.52 Å². The van der Waals surface area contributed by atoms with Crippen LogP contribution in [-0.4, -0.2) is 49.8 Å².